The highest BCUT2D eigenvalue weighted by Crippen LogP contribution is 2.40. The fourth-order valence-electron chi connectivity index (χ4n) is 3.57. The van der Waals surface area contributed by atoms with E-state index in [1.165, 1.54) is 6.33 Å². The molecule has 0 aliphatic rings. The Morgan fingerprint density at radius 1 is 1.16 bits per heavy atom. The van der Waals surface area contributed by atoms with Crippen LogP contribution in [0.5, 0.6) is 0 Å². The minimum Gasteiger partial charge on any atom is -0.465 e. The molecule has 2 aromatic rings. The summed E-state index contributed by atoms with van der Waals surface area (Å²) in [7, 11) is -3.69. The lowest BCUT2D eigenvalue weighted by atomic mass is 10.1. The molecule has 0 radical (unpaired) electrons. The molecule has 0 aliphatic heterocycles. The van der Waals surface area contributed by atoms with E-state index in [-0.39, 0.29) is 24.9 Å². The van der Waals surface area contributed by atoms with Gasteiger partial charge in [-0.25, -0.2) is 25.1 Å². The van der Waals surface area contributed by atoms with Gasteiger partial charge in [0.2, 0.25) is 7.44 Å². The number of ether oxygens (including phenoxy) is 3. The van der Waals surface area contributed by atoms with Crippen molar-refractivity contribution in [3.63, 3.8) is 0 Å². The van der Waals surface area contributed by atoms with Crippen molar-refractivity contribution in [3.8, 4) is 0 Å². The second-order valence-corrected chi connectivity index (χ2v) is 12.3. The van der Waals surface area contributed by atoms with Gasteiger partial charge in [0.15, 0.2) is 11.5 Å². The van der Waals surface area contributed by atoms with Gasteiger partial charge in [0.1, 0.15) is 29.8 Å². The maximum absolute atomic E-state index is 14.1. The highest BCUT2D eigenvalue weighted by molar-refractivity contribution is 7.59. The Hall–Kier alpha value is -2.60. The molecule has 2 unspecified atom stereocenters. The van der Waals surface area contributed by atoms with Crippen molar-refractivity contribution in [2.45, 2.75) is 98.1 Å². The van der Waals surface area contributed by atoms with Crippen LogP contribution in [0.4, 0.5) is 5.82 Å². The number of nitrogens with one attached hydrogen (secondary N) is 2. The third-order valence-electron chi connectivity index (χ3n) is 5.49. The van der Waals surface area contributed by atoms with Gasteiger partial charge >= 0.3 is 11.9 Å². The van der Waals surface area contributed by atoms with E-state index in [1.54, 1.807) is 52.4 Å². The van der Waals surface area contributed by atoms with Crippen LogP contribution in [0.1, 0.15) is 67.7 Å². The second-order valence-electron chi connectivity index (χ2n) is 10.1. The van der Waals surface area contributed by atoms with Gasteiger partial charge in [-0.05, 0) is 48.0 Å². The number of esters is 2. The van der Waals surface area contributed by atoms with E-state index in [9.17, 15) is 14.2 Å². The van der Waals surface area contributed by atoms with Crippen molar-refractivity contribution in [3.05, 3.63) is 12.7 Å². The average molecular weight is 556 g/mol. The Labute approximate surface area is 224 Å². The maximum Gasteiger partial charge on any atom is 0.326 e. The van der Waals surface area contributed by atoms with E-state index in [0.29, 0.717) is 17.7 Å². The Morgan fingerprint density at radius 2 is 1.87 bits per heavy atom. The van der Waals surface area contributed by atoms with Crippen molar-refractivity contribution in [2.75, 3.05) is 18.7 Å². The number of anilines is 1. The van der Waals surface area contributed by atoms with E-state index in [2.05, 4.69) is 32.1 Å². The molecule has 2 rings (SSSR count). The topological polar surface area (TPSA) is 173 Å². The van der Waals surface area contributed by atoms with Crippen LogP contribution in [-0.2, 0) is 34.9 Å². The molecule has 0 aromatic carbocycles. The van der Waals surface area contributed by atoms with Gasteiger partial charge in [-0.2, -0.15) is 0 Å². The van der Waals surface area contributed by atoms with Gasteiger partial charge < -0.3 is 24.5 Å². The summed E-state index contributed by atoms with van der Waals surface area (Å²) in [6.45, 7) is 12.6. The Balaban J connectivity index is 2.14. The van der Waals surface area contributed by atoms with Crippen molar-refractivity contribution in [1.29, 1.82) is 0 Å². The minimum absolute atomic E-state index is 0.270. The molecule has 0 bridgehead atoms. The van der Waals surface area contributed by atoms with E-state index < -0.39 is 37.1 Å². The van der Waals surface area contributed by atoms with Gasteiger partial charge in [0, 0.05) is 0 Å². The highest BCUT2D eigenvalue weighted by atomic mass is 31.2. The molecule has 0 saturated carbocycles. The Bertz CT molecular complexity index is 1120. The number of aromatic nitrogens is 4. The fourth-order valence-corrected chi connectivity index (χ4v) is 5.96. The number of unbranched alkanes of at least 4 members (excludes halogenated alkanes) is 2. The zero-order chi connectivity index (χ0) is 28.5. The molecule has 0 spiro atoms. The number of hydrogen-bond acceptors (Lipinski definition) is 10. The van der Waals surface area contributed by atoms with Crippen molar-refractivity contribution in [2.24, 2.45) is 0 Å². The molecule has 214 valence electrons. The quantitative estimate of drug-likeness (QED) is 0.157. The number of carbonyl (C=O) groups excluding carboxylic acids is 2. The molecule has 3 atom stereocenters. The Morgan fingerprint density at radius 3 is 2.53 bits per heavy atom. The molecular formula is C24H42N7O6P. The van der Waals surface area contributed by atoms with Crippen LogP contribution in [-0.4, -0.2) is 68.2 Å². The lowest BCUT2D eigenvalue weighted by Crippen LogP contribution is -2.50. The van der Waals surface area contributed by atoms with Crippen LogP contribution in [0, 0.1) is 0 Å². The molecule has 0 amide bonds. The van der Waals surface area contributed by atoms with Gasteiger partial charge in [-0.3, -0.25) is 14.2 Å². The van der Waals surface area contributed by atoms with Crippen molar-refractivity contribution < 1.29 is 28.4 Å². The van der Waals surface area contributed by atoms with E-state index in [0.717, 1.165) is 19.3 Å². The van der Waals surface area contributed by atoms with Gasteiger partial charge in [-0.15, -0.1) is 0 Å². The molecule has 0 aliphatic carbocycles. The van der Waals surface area contributed by atoms with Crippen molar-refractivity contribution >= 4 is 36.4 Å². The third kappa shape index (κ3) is 9.30. The number of nitrogens with zero attached hydrogens (tertiary/aromatic N) is 4. The van der Waals surface area contributed by atoms with Crippen LogP contribution in [0.25, 0.3) is 11.2 Å². The van der Waals surface area contributed by atoms with Crippen molar-refractivity contribution in [1.82, 2.24) is 29.7 Å². The van der Waals surface area contributed by atoms with E-state index in [1.807, 2.05) is 0 Å². The molecule has 14 heteroatoms. The maximum atomic E-state index is 14.1. The lowest BCUT2D eigenvalue weighted by molar-refractivity contribution is -0.153. The van der Waals surface area contributed by atoms with Crippen LogP contribution in [0.3, 0.4) is 0 Å². The molecule has 0 saturated heterocycles. The smallest absolute Gasteiger partial charge is 0.326 e. The minimum atomic E-state index is -3.69. The first-order valence-corrected chi connectivity index (χ1v) is 14.7. The molecular weight excluding hydrogens is 513 g/mol. The highest BCUT2D eigenvalue weighted by Gasteiger charge is 2.39. The zero-order valence-corrected chi connectivity index (χ0v) is 24.3. The standard InChI is InChI=1S/C24H42N7O6P/c1-8-9-10-11-35-22(32)18(5)29-38(34,30-24(6,7)23(33)37-16(2)3)15-36-17(4)12-31-14-28-19-20(25)26-13-27-21(19)31/h13-14,16-18H,8-12,15H2,1-7H3,(H2,25,26,27)(H2,29,30,34)/t17?,18?,38-/m0/s1. The number of imidazole rings is 1. The van der Waals surface area contributed by atoms with Crippen LogP contribution in [0.2, 0.25) is 0 Å². The summed E-state index contributed by atoms with van der Waals surface area (Å²) in [5.41, 5.74) is 5.55. The first-order valence-electron chi connectivity index (χ1n) is 12.8. The SMILES string of the molecule is CCCCCOC(=O)C(C)N[P@@](=O)(COC(C)Cn1cnc2c(N)ncnc21)NC(C)(C)C(=O)OC(C)C. The number of nitrogen functional groups attached to an aromatic ring is 1. The predicted molar refractivity (Wildman–Crippen MR) is 144 cm³/mol. The molecule has 0 fully saturated rings. The lowest BCUT2D eigenvalue weighted by Gasteiger charge is -2.32. The van der Waals surface area contributed by atoms with Crippen LogP contribution < -0.4 is 15.9 Å². The zero-order valence-electron chi connectivity index (χ0n) is 23.4. The fraction of sp³-hybridized carbons (Fsp3) is 0.708. The number of carbonyl (C=O) groups is 2. The average Bonchev–Trinajstić information content (AvgIpc) is 3.23. The first kappa shape index (κ1) is 31.6. The van der Waals surface area contributed by atoms with Crippen LogP contribution >= 0.6 is 7.44 Å². The van der Waals surface area contributed by atoms with Gasteiger partial charge in [0.25, 0.3) is 0 Å². The summed E-state index contributed by atoms with van der Waals surface area (Å²) in [5, 5.41) is 5.70. The number of fused-ring (bicyclic) bond motifs is 1. The molecule has 2 aromatic heterocycles. The summed E-state index contributed by atoms with van der Waals surface area (Å²) >= 11 is 0. The normalized spacial score (nSPS) is 15.3. The third-order valence-corrected chi connectivity index (χ3v) is 7.72. The Kier molecular flexibility index (Phi) is 11.6. The summed E-state index contributed by atoms with van der Waals surface area (Å²) in [5.74, 6) is -0.855. The first-order chi connectivity index (χ1) is 17.8. The molecule has 38 heavy (non-hydrogen) atoms. The summed E-state index contributed by atoms with van der Waals surface area (Å²) in [6, 6.07) is -0.914. The van der Waals surface area contributed by atoms with Gasteiger partial charge in [0.05, 0.1) is 31.7 Å². The summed E-state index contributed by atoms with van der Waals surface area (Å²) in [4.78, 5) is 37.6. The second kappa shape index (κ2) is 14.0. The number of nitrogens with two attached hydrogens (primary N) is 1. The van der Waals surface area contributed by atoms with E-state index >= 15 is 0 Å². The molecule has 2 heterocycles. The number of hydrogen-bond donors (Lipinski definition) is 3. The molecule has 4 N–H and O–H groups in total. The monoisotopic (exact) mass is 555 g/mol. The predicted octanol–water partition coefficient (Wildman–Crippen LogP) is 3.00. The summed E-state index contributed by atoms with van der Waals surface area (Å²) < 4.78 is 32.4. The van der Waals surface area contributed by atoms with E-state index in [4.69, 9.17) is 19.9 Å². The van der Waals surface area contributed by atoms with Gasteiger partial charge in [-0.1, -0.05) is 19.8 Å². The van der Waals surface area contributed by atoms with Crippen LogP contribution in [0.15, 0.2) is 12.7 Å². The number of rotatable bonds is 16. The summed E-state index contributed by atoms with van der Waals surface area (Å²) in [6.07, 6.45) is 4.50. The largest absolute Gasteiger partial charge is 0.465 e. The molecule has 13 nitrogen and oxygen atoms in total.